The molecule has 0 aliphatic carbocycles. The summed E-state index contributed by atoms with van der Waals surface area (Å²) in [6.45, 7) is 4.65. The van der Waals surface area contributed by atoms with Crippen molar-refractivity contribution >= 4 is 17.6 Å². The van der Waals surface area contributed by atoms with Crippen LogP contribution in [0.2, 0.25) is 5.02 Å². The van der Waals surface area contributed by atoms with Crippen molar-refractivity contribution in [3.63, 3.8) is 0 Å². The summed E-state index contributed by atoms with van der Waals surface area (Å²) in [6, 6.07) is 14.4. The molecule has 0 saturated carbocycles. The number of nitrogens with zero attached hydrogens (tertiary/aromatic N) is 2. The first kappa shape index (κ1) is 19.6. The fraction of sp³-hybridized carbons (Fsp3) is 0.381. The maximum atomic E-state index is 13.2. The average Bonchev–Trinajstić information content (AvgIpc) is 2.89. The number of rotatable bonds is 5. The van der Waals surface area contributed by atoms with Gasteiger partial charge in [-0.15, -0.1) is 0 Å². The van der Waals surface area contributed by atoms with Gasteiger partial charge in [0.15, 0.2) is 0 Å². The van der Waals surface area contributed by atoms with Gasteiger partial charge in [0.1, 0.15) is 5.82 Å². The Hall–Kier alpha value is -2.11. The Morgan fingerprint density at radius 3 is 2.63 bits per heavy atom. The van der Waals surface area contributed by atoms with Crippen LogP contribution in [0.15, 0.2) is 48.5 Å². The molecule has 144 valence electrons. The molecule has 2 aromatic carbocycles. The molecule has 2 amide bonds. The Morgan fingerprint density at radius 2 is 1.85 bits per heavy atom. The Kier molecular flexibility index (Phi) is 7.07. The summed E-state index contributed by atoms with van der Waals surface area (Å²) < 4.78 is 13.2. The molecule has 27 heavy (non-hydrogen) atoms. The van der Waals surface area contributed by atoms with E-state index in [9.17, 15) is 9.18 Å². The Labute approximate surface area is 164 Å². The SMILES string of the molecule is O=C(NCCc1cccc(F)c1)N1CCCN(Cc2ccc(Cl)cc2)CC1. The second kappa shape index (κ2) is 9.72. The van der Waals surface area contributed by atoms with E-state index in [0.29, 0.717) is 19.5 Å². The summed E-state index contributed by atoms with van der Waals surface area (Å²) in [6.07, 6.45) is 1.57. The minimum absolute atomic E-state index is 0.0419. The Balaban J connectivity index is 1.42. The smallest absolute Gasteiger partial charge is 0.317 e. The van der Waals surface area contributed by atoms with Gasteiger partial charge in [-0.05, 0) is 48.2 Å². The second-order valence-electron chi connectivity index (χ2n) is 6.86. The van der Waals surface area contributed by atoms with Crippen LogP contribution < -0.4 is 5.32 Å². The monoisotopic (exact) mass is 389 g/mol. The van der Waals surface area contributed by atoms with Gasteiger partial charge in [0.2, 0.25) is 0 Å². The molecule has 0 aromatic heterocycles. The molecule has 6 heteroatoms. The van der Waals surface area contributed by atoms with Crippen molar-refractivity contribution in [1.29, 1.82) is 0 Å². The second-order valence-corrected chi connectivity index (χ2v) is 7.29. The van der Waals surface area contributed by atoms with Crippen molar-refractivity contribution in [2.24, 2.45) is 0 Å². The van der Waals surface area contributed by atoms with E-state index in [1.54, 1.807) is 6.07 Å². The number of amides is 2. The van der Waals surface area contributed by atoms with E-state index in [2.05, 4.69) is 10.2 Å². The first-order chi connectivity index (χ1) is 13.1. The lowest BCUT2D eigenvalue weighted by Crippen LogP contribution is -2.42. The van der Waals surface area contributed by atoms with Gasteiger partial charge in [0.05, 0.1) is 0 Å². The van der Waals surface area contributed by atoms with E-state index in [1.807, 2.05) is 35.2 Å². The summed E-state index contributed by atoms with van der Waals surface area (Å²) >= 11 is 5.94. The number of carbonyl (C=O) groups excluding carboxylic acids is 1. The topological polar surface area (TPSA) is 35.6 Å². The van der Waals surface area contributed by atoms with Gasteiger partial charge in [-0.3, -0.25) is 4.90 Å². The van der Waals surface area contributed by atoms with Crippen LogP contribution in [-0.4, -0.2) is 48.6 Å². The molecule has 0 atom stereocenters. The molecule has 1 heterocycles. The normalized spacial score (nSPS) is 15.4. The molecule has 1 saturated heterocycles. The average molecular weight is 390 g/mol. The van der Waals surface area contributed by atoms with Crippen LogP contribution in [0.4, 0.5) is 9.18 Å². The molecule has 4 nitrogen and oxygen atoms in total. The van der Waals surface area contributed by atoms with Crippen molar-refractivity contribution in [2.75, 3.05) is 32.7 Å². The predicted molar refractivity (Wildman–Crippen MR) is 106 cm³/mol. The molecule has 0 radical (unpaired) electrons. The first-order valence-corrected chi connectivity index (χ1v) is 9.72. The van der Waals surface area contributed by atoms with E-state index in [0.717, 1.165) is 43.2 Å². The van der Waals surface area contributed by atoms with Crippen molar-refractivity contribution in [2.45, 2.75) is 19.4 Å². The van der Waals surface area contributed by atoms with Crippen molar-refractivity contribution < 1.29 is 9.18 Å². The number of nitrogens with one attached hydrogen (secondary N) is 1. The highest BCUT2D eigenvalue weighted by atomic mass is 35.5. The molecule has 0 bridgehead atoms. The van der Waals surface area contributed by atoms with Gasteiger partial charge < -0.3 is 10.2 Å². The number of halogens is 2. The summed E-state index contributed by atoms with van der Waals surface area (Å²) in [5, 5.41) is 3.70. The Bertz CT molecular complexity index is 753. The minimum atomic E-state index is -0.243. The molecular formula is C21H25ClFN3O. The molecule has 1 fully saturated rings. The zero-order valence-corrected chi connectivity index (χ0v) is 16.1. The van der Waals surface area contributed by atoms with Crippen LogP contribution >= 0.6 is 11.6 Å². The van der Waals surface area contributed by atoms with Gasteiger partial charge in [-0.1, -0.05) is 35.9 Å². The molecule has 0 spiro atoms. The van der Waals surface area contributed by atoms with E-state index >= 15 is 0 Å². The van der Waals surface area contributed by atoms with Gasteiger partial charge in [0, 0.05) is 44.3 Å². The van der Waals surface area contributed by atoms with E-state index < -0.39 is 0 Å². The van der Waals surface area contributed by atoms with Crippen LogP contribution in [0.5, 0.6) is 0 Å². The number of carbonyl (C=O) groups is 1. The van der Waals surface area contributed by atoms with Crippen LogP contribution in [0.1, 0.15) is 17.5 Å². The number of urea groups is 1. The number of benzene rings is 2. The molecule has 0 unspecified atom stereocenters. The first-order valence-electron chi connectivity index (χ1n) is 9.34. The number of hydrogen-bond donors (Lipinski definition) is 1. The van der Waals surface area contributed by atoms with E-state index in [1.165, 1.54) is 17.7 Å². The maximum Gasteiger partial charge on any atom is 0.317 e. The van der Waals surface area contributed by atoms with Crippen LogP contribution in [0, 0.1) is 5.82 Å². The van der Waals surface area contributed by atoms with Crippen molar-refractivity contribution in [3.8, 4) is 0 Å². The highest BCUT2D eigenvalue weighted by Crippen LogP contribution is 2.13. The van der Waals surface area contributed by atoms with Gasteiger partial charge in [-0.25, -0.2) is 9.18 Å². The zero-order valence-electron chi connectivity index (χ0n) is 15.3. The molecule has 1 N–H and O–H groups in total. The standard InChI is InChI=1S/C21H25ClFN3O/c22-19-7-5-18(6-8-19)16-25-11-2-12-26(14-13-25)21(27)24-10-9-17-3-1-4-20(23)15-17/h1,3-8,15H,2,9-14,16H2,(H,24,27). The Morgan fingerprint density at radius 1 is 1.04 bits per heavy atom. The van der Waals surface area contributed by atoms with Crippen LogP contribution in [0.3, 0.4) is 0 Å². The van der Waals surface area contributed by atoms with Gasteiger partial charge in [0.25, 0.3) is 0 Å². The number of hydrogen-bond acceptors (Lipinski definition) is 2. The third-order valence-corrected chi connectivity index (χ3v) is 5.03. The van der Waals surface area contributed by atoms with Crippen LogP contribution in [0.25, 0.3) is 0 Å². The molecule has 1 aliphatic rings. The lowest BCUT2D eigenvalue weighted by Gasteiger charge is -2.22. The maximum absolute atomic E-state index is 13.2. The zero-order chi connectivity index (χ0) is 19.1. The highest BCUT2D eigenvalue weighted by molar-refractivity contribution is 6.30. The highest BCUT2D eigenvalue weighted by Gasteiger charge is 2.18. The third-order valence-electron chi connectivity index (χ3n) is 4.77. The lowest BCUT2D eigenvalue weighted by atomic mass is 10.1. The fourth-order valence-electron chi connectivity index (χ4n) is 3.30. The largest absolute Gasteiger partial charge is 0.338 e. The van der Waals surface area contributed by atoms with Crippen molar-refractivity contribution in [1.82, 2.24) is 15.1 Å². The summed E-state index contributed by atoms with van der Waals surface area (Å²) in [7, 11) is 0. The summed E-state index contributed by atoms with van der Waals surface area (Å²) in [5.41, 5.74) is 2.12. The fourth-order valence-corrected chi connectivity index (χ4v) is 3.42. The summed E-state index contributed by atoms with van der Waals surface area (Å²) in [5.74, 6) is -0.243. The van der Waals surface area contributed by atoms with Gasteiger partial charge in [-0.2, -0.15) is 0 Å². The lowest BCUT2D eigenvalue weighted by molar-refractivity contribution is 0.198. The van der Waals surface area contributed by atoms with Crippen molar-refractivity contribution in [3.05, 3.63) is 70.5 Å². The third kappa shape index (κ3) is 6.22. The summed E-state index contributed by atoms with van der Waals surface area (Å²) in [4.78, 5) is 16.7. The van der Waals surface area contributed by atoms with Gasteiger partial charge >= 0.3 is 6.03 Å². The molecule has 2 aromatic rings. The quantitative estimate of drug-likeness (QED) is 0.840. The van der Waals surface area contributed by atoms with E-state index in [4.69, 9.17) is 11.6 Å². The minimum Gasteiger partial charge on any atom is -0.338 e. The molecule has 1 aliphatic heterocycles. The van der Waals surface area contributed by atoms with Crippen LogP contribution in [-0.2, 0) is 13.0 Å². The molecule has 3 rings (SSSR count). The predicted octanol–water partition coefficient (Wildman–Crippen LogP) is 3.94. The molecular weight excluding hydrogens is 365 g/mol. The van der Waals surface area contributed by atoms with E-state index in [-0.39, 0.29) is 11.8 Å².